The molecule has 0 aliphatic rings. The first-order valence-corrected chi connectivity index (χ1v) is 7.75. The molecular weight excluding hydrogens is 284 g/mol. The Morgan fingerprint density at radius 1 is 1.04 bits per heavy atom. The van der Waals surface area contributed by atoms with Crippen molar-refractivity contribution >= 4 is 17.5 Å². The summed E-state index contributed by atoms with van der Waals surface area (Å²) in [7, 11) is 0. The first-order chi connectivity index (χ1) is 11.2. The number of allylic oxidation sites excluding steroid dienone is 1. The second kappa shape index (κ2) is 7.95. The van der Waals surface area contributed by atoms with Crippen molar-refractivity contribution < 1.29 is 4.79 Å². The van der Waals surface area contributed by atoms with E-state index in [1.54, 1.807) is 30.3 Å². The van der Waals surface area contributed by atoms with E-state index >= 15 is 0 Å². The monoisotopic (exact) mass is 304 g/mol. The van der Waals surface area contributed by atoms with E-state index in [-0.39, 0.29) is 5.78 Å². The third-order valence-electron chi connectivity index (χ3n) is 3.75. The fraction of sp³-hybridized carbons (Fsp3) is 0.200. The van der Waals surface area contributed by atoms with Gasteiger partial charge in [-0.15, -0.1) is 0 Å². The summed E-state index contributed by atoms with van der Waals surface area (Å²) >= 11 is 0. The molecule has 0 aromatic heterocycles. The summed E-state index contributed by atoms with van der Waals surface area (Å²) in [5.74, 6) is -0.0673. The Kier molecular flexibility index (Phi) is 5.71. The van der Waals surface area contributed by atoms with Gasteiger partial charge in [0.15, 0.2) is 5.78 Å². The van der Waals surface area contributed by atoms with Crippen molar-refractivity contribution in [1.29, 1.82) is 5.26 Å². The van der Waals surface area contributed by atoms with Crippen LogP contribution >= 0.6 is 0 Å². The Bertz CT molecular complexity index is 718. The predicted octanol–water partition coefficient (Wildman–Crippen LogP) is 4.30. The molecule has 0 heterocycles. The maximum Gasteiger partial charge on any atom is 0.185 e. The van der Waals surface area contributed by atoms with Gasteiger partial charge in [-0.3, -0.25) is 4.79 Å². The van der Waals surface area contributed by atoms with E-state index < -0.39 is 0 Å². The zero-order valence-electron chi connectivity index (χ0n) is 13.5. The first kappa shape index (κ1) is 16.5. The summed E-state index contributed by atoms with van der Waals surface area (Å²) < 4.78 is 0. The van der Waals surface area contributed by atoms with E-state index in [0.29, 0.717) is 11.1 Å². The zero-order chi connectivity index (χ0) is 16.7. The number of hydrogen-bond acceptors (Lipinski definition) is 3. The lowest BCUT2D eigenvalue weighted by atomic mass is 10.1. The van der Waals surface area contributed by atoms with Gasteiger partial charge in [-0.25, -0.2) is 0 Å². The minimum absolute atomic E-state index is 0.0673. The van der Waals surface area contributed by atoms with Gasteiger partial charge in [0, 0.05) is 24.3 Å². The van der Waals surface area contributed by atoms with E-state index in [1.165, 1.54) is 5.69 Å². The van der Waals surface area contributed by atoms with Gasteiger partial charge in [-0.05, 0) is 61.9 Å². The topological polar surface area (TPSA) is 44.1 Å². The van der Waals surface area contributed by atoms with Crippen molar-refractivity contribution in [2.45, 2.75) is 13.8 Å². The fourth-order valence-corrected chi connectivity index (χ4v) is 2.36. The van der Waals surface area contributed by atoms with Crippen molar-refractivity contribution in [2.75, 3.05) is 18.0 Å². The maximum absolute atomic E-state index is 12.1. The summed E-state index contributed by atoms with van der Waals surface area (Å²) in [5, 5.41) is 8.76. The molecule has 3 nitrogen and oxygen atoms in total. The standard InChI is InChI=1S/C20H20N2O/c1-3-22(4-2)19-12-7-16(8-13-19)9-14-20(23)18-10-5-17(15-21)6-11-18/h5-14H,3-4H2,1-2H3. The lowest BCUT2D eigenvalue weighted by molar-refractivity contribution is 0.104. The SMILES string of the molecule is CCN(CC)c1ccc(C=CC(=O)c2ccc(C#N)cc2)cc1. The Morgan fingerprint density at radius 3 is 2.17 bits per heavy atom. The quantitative estimate of drug-likeness (QED) is 0.590. The normalized spacial score (nSPS) is 10.5. The molecule has 2 aromatic rings. The molecule has 0 saturated carbocycles. The molecule has 116 valence electrons. The highest BCUT2D eigenvalue weighted by molar-refractivity contribution is 6.06. The van der Waals surface area contributed by atoms with E-state index in [1.807, 2.05) is 24.3 Å². The van der Waals surface area contributed by atoms with Crippen LogP contribution in [0.3, 0.4) is 0 Å². The maximum atomic E-state index is 12.1. The average molecular weight is 304 g/mol. The van der Waals surface area contributed by atoms with Crippen LogP contribution in [0.15, 0.2) is 54.6 Å². The molecule has 0 aliphatic carbocycles. The fourth-order valence-electron chi connectivity index (χ4n) is 2.36. The number of nitrogens with zero attached hydrogens (tertiary/aromatic N) is 2. The molecule has 0 bridgehead atoms. The Morgan fingerprint density at radius 2 is 1.65 bits per heavy atom. The van der Waals surface area contributed by atoms with Crippen LogP contribution in [0.1, 0.15) is 35.3 Å². The lowest BCUT2D eigenvalue weighted by Gasteiger charge is -2.20. The minimum Gasteiger partial charge on any atom is -0.372 e. The molecule has 0 saturated heterocycles. The van der Waals surface area contributed by atoms with Crippen molar-refractivity contribution in [3.63, 3.8) is 0 Å². The summed E-state index contributed by atoms with van der Waals surface area (Å²) in [6, 6.07) is 16.9. The van der Waals surface area contributed by atoms with Gasteiger partial charge in [0.05, 0.1) is 11.6 Å². The number of hydrogen-bond donors (Lipinski definition) is 0. The Hall–Kier alpha value is -2.86. The summed E-state index contributed by atoms with van der Waals surface area (Å²) in [6.07, 6.45) is 3.38. The number of benzene rings is 2. The van der Waals surface area contributed by atoms with Gasteiger partial charge in [-0.1, -0.05) is 18.2 Å². The van der Waals surface area contributed by atoms with Crippen LogP contribution in [-0.2, 0) is 0 Å². The number of nitriles is 1. The van der Waals surface area contributed by atoms with E-state index in [2.05, 4.69) is 30.9 Å². The van der Waals surface area contributed by atoms with Crippen LogP contribution < -0.4 is 4.90 Å². The van der Waals surface area contributed by atoms with Crippen molar-refractivity contribution in [1.82, 2.24) is 0 Å². The third-order valence-corrected chi connectivity index (χ3v) is 3.75. The summed E-state index contributed by atoms with van der Waals surface area (Å²) in [4.78, 5) is 14.4. The van der Waals surface area contributed by atoms with Crippen LogP contribution in [0, 0.1) is 11.3 Å². The van der Waals surface area contributed by atoms with Gasteiger partial charge in [0.25, 0.3) is 0 Å². The smallest absolute Gasteiger partial charge is 0.185 e. The molecule has 0 radical (unpaired) electrons. The highest BCUT2D eigenvalue weighted by Crippen LogP contribution is 2.16. The number of carbonyl (C=O) groups excluding carboxylic acids is 1. The molecule has 0 fully saturated rings. The Balaban J connectivity index is 2.07. The van der Waals surface area contributed by atoms with Crippen molar-refractivity contribution in [3.05, 3.63) is 71.3 Å². The summed E-state index contributed by atoms with van der Waals surface area (Å²) in [6.45, 7) is 6.22. The second-order valence-electron chi connectivity index (χ2n) is 5.15. The van der Waals surface area contributed by atoms with Crippen molar-refractivity contribution in [2.24, 2.45) is 0 Å². The number of rotatable bonds is 6. The minimum atomic E-state index is -0.0673. The van der Waals surface area contributed by atoms with Gasteiger partial charge in [-0.2, -0.15) is 5.26 Å². The van der Waals surface area contributed by atoms with E-state index in [0.717, 1.165) is 18.7 Å². The first-order valence-electron chi connectivity index (χ1n) is 7.75. The lowest BCUT2D eigenvalue weighted by Crippen LogP contribution is -2.21. The van der Waals surface area contributed by atoms with Gasteiger partial charge in [0.1, 0.15) is 0 Å². The molecule has 0 aliphatic heterocycles. The molecule has 2 rings (SSSR count). The van der Waals surface area contributed by atoms with Crippen LogP contribution in [0.25, 0.3) is 6.08 Å². The van der Waals surface area contributed by atoms with Crippen LogP contribution in [0.5, 0.6) is 0 Å². The number of carbonyl (C=O) groups is 1. The molecule has 0 amide bonds. The second-order valence-corrected chi connectivity index (χ2v) is 5.15. The molecule has 2 aromatic carbocycles. The number of ketones is 1. The molecule has 0 atom stereocenters. The molecule has 0 unspecified atom stereocenters. The zero-order valence-corrected chi connectivity index (χ0v) is 13.5. The average Bonchev–Trinajstić information content (AvgIpc) is 2.62. The molecular formula is C20H20N2O. The molecule has 23 heavy (non-hydrogen) atoms. The highest BCUT2D eigenvalue weighted by Gasteiger charge is 2.03. The van der Waals surface area contributed by atoms with Gasteiger partial charge < -0.3 is 4.90 Å². The number of anilines is 1. The predicted molar refractivity (Wildman–Crippen MR) is 94.5 cm³/mol. The third kappa shape index (κ3) is 4.31. The Labute approximate surface area is 137 Å². The van der Waals surface area contributed by atoms with E-state index in [9.17, 15) is 4.79 Å². The molecule has 0 N–H and O–H groups in total. The molecule has 3 heteroatoms. The van der Waals surface area contributed by atoms with Crippen LogP contribution in [0.2, 0.25) is 0 Å². The van der Waals surface area contributed by atoms with E-state index in [4.69, 9.17) is 5.26 Å². The molecule has 0 spiro atoms. The van der Waals surface area contributed by atoms with Crippen LogP contribution in [0.4, 0.5) is 5.69 Å². The van der Waals surface area contributed by atoms with Gasteiger partial charge in [0.2, 0.25) is 0 Å². The van der Waals surface area contributed by atoms with Crippen molar-refractivity contribution in [3.8, 4) is 6.07 Å². The summed E-state index contributed by atoms with van der Waals surface area (Å²) in [5.41, 5.74) is 3.31. The van der Waals surface area contributed by atoms with Gasteiger partial charge >= 0.3 is 0 Å². The highest BCUT2D eigenvalue weighted by atomic mass is 16.1. The largest absolute Gasteiger partial charge is 0.372 e. The van der Waals surface area contributed by atoms with Crippen LogP contribution in [-0.4, -0.2) is 18.9 Å².